The van der Waals surface area contributed by atoms with Gasteiger partial charge in [-0.05, 0) is 44.4 Å². The molecule has 0 aliphatic heterocycles. The van der Waals surface area contributed by atoms with E-state index in [1.54, 1.807) is 0 Å². The zero-order valence-electron chi connectivity index (χ0n) is 15.3. The van der Waals surface area contributed by atoms with Crippen LogP contribution in [-0.2, 0) is 4.79 Å². The standard InChI is InChI=1S/C10H19N.C7H12O.C4H8/c1-2-6-10(11)9-7-4-3-5-8-9;8-6-7-4-2-1-3-5-7;1-3-4-2/h2,9-10H,1,3-8,11H2;6-7H,1-5H2;3H,1,4H2,2H3. The summed E-state index contributed by atoms with van der Waals surface area (Å²) in [7, 11) is 0. The van der Waals surface area contributed by atoms with Crippen LogP contribution in [0.15, 0.2) is 25.3 Å². The second kappa shape index (κ2) is 16.0. The second-order valence-electron chi connectivity index (χ2n) is 6.82. The van der Waals surface area contributed by atoms with Crippen LogP contribution in [0.1, 0.15) is 84.0 Å². The largest absolute Gasteiger partial charge is 0.327 e. The summed E-state index contributed by atoms with van der Waals surface area (Å²) in [5.74, 6) is 1.19. The molecule has 1 atom stereocenters. The molecular formula is C21H39NO. The first-order valence-corrected chi connectivity index (χ1v) is 9.62. The molecule has 2 nitrogen and oxygen atoms in total. The molecule has 2 aliphatic rings. The van der Waals surface area contributed by atoms with Crippen LogP contribution in [0.5, 0.6) is 0 Å². The van der Waals surface area contributed by atoms with Crippen molar-refractivity contribution in [1.29, 1.82) is 0 Å². The van der Waals surface area contributed by atoms with Crippen molar-refractivity contribution in [3.05, 3.63) is 25.3 Å². The van der Waals surface area contributed by atoms with Crippen LogP contribution in [0.2, 0.25) is 0 Å². The molecule has 23 heavy (non-hydrogen) atoms. The summed E-state index contributed by atoms with van der Waals surface area (Å²) in [6, 6.07) is 0.382. The summed E-state index contributed by atoms with van der Waals surface area (Å²) < 4.78 is 0. The van der Waals surface area contributed by atoms with E-state index in [4.69, 9.17) is 5.73 Å². The van der Waals surface area contributed by atoms with Crippen LogP contribution in [0, 0.1) is 11.8 Å². The third-order valence-corrected chi connectivity index (χ3v) is 4.83. The average molecular weight is 322 g/mol. The van der Waals surface area contributed by atoms with Gasteiger partial charge in [0.1, 0.15) is 6.29 Å². The molecule has 0 spiro atoms. The zero-order chi connectivity index (χ0) is 17.3. The van der Waals surface area contributed by atoms with Gasteiger partial charge in [0.2, 0.25) is 0 Å². The van der Waals surface area contributed by atoms with Gasteiger partial charge in [-0.1, -0.05) is 57.6 Å². The second-order valence-corrected chi connectivity index (χ2v) is 6.82. The monoisotopic (exact) mass is 321 g/mol. The molecule has 0 aromatic heterocycles. The summed E-state index contributed by atoms with van der Waals surface area (Å²) in [4.78, 5) is 10.2. The molecule has 0 heterocycles. The lowest BCUT2D eigenvalue weighted by Gasteiger charge is -2.26. The molecule has 0 saturated heterocycles. The number of hydrogen-bond donors (Lipinski definition) is 1. The van der Waals surface area contributed by atoms with Gasteiger partial charge < -0.3 is 10.5 Å². The average Bonchev–Trinajstić information content (AvgIpc) is 2.64. The Balaban J connectivity index is 0.000000354. The highest BCUT2D eigenvalue weighted by molar-refractivity contribution is 5.53. The molecule has 1 unspecified atom stereocenters. The Morgan fingerprint density at radius 3 is 1.78 bits per heavy atom. The number of carbonyl (C=O) groups excluding carboxylic acids is 1. The lowest BCUT2D eigenvalue weighted by molar-refractivity contribution is -0.111. The number of carbonyl (C=O) groups is 1. The van der Waals surface area contributed by atoms with Crippen LogP contribution in [0.25, 0.3) is 0 Å². The summed E-state index contributed by atoms with van der Waals surface area (Å²) in [6.45, 7) is 9.26. The molecule has 0 bridgehead atoms. The maximum Gasteiger partial charge on any atom is 0.123 e. The van der Waals surface area contributed by atoms with E-state index in [0.29, 0.717) is 12.0 Å². The Kier molecular flexibility index (Phi) is 15.4. The van der Waals surface area contributed by atoms with E-state index in [-0.39, 0.29) is 0 Å². The van der Waals surface area contributed by atoms with E-state index >= 15 is 0 Å². The summed E-state index contributed by atoms with van der Waals surface area (Å²) in [5.41, 5.74) is 5.99. The molecule has 0 aromatic carbocycles. The number of hydrogen-bond acceptors (Lipinski definition) is 2. The molecule has 2 fully saturated rings. The highest BCUT2D eigenvalue weighted by atomic mass is 16.1. The maximum absolute atomic E-state index is 10.2. The van der Waals surface area contributed by atoms with Crippen LogP contribution in [0.4, 0.5) is 0 Å². The van der Waals surface area contributed by atoms with E-state index in [9.17, 15) is 4.79 Å². The number of aldehydes is 1. The normalized spacial score (nSPS) is 20.1. The lowest BCUT2D eigenvalue weighted by atomic mass is 9.83. The zero-order valence-corrected chi connectivity index (χ0v) is 15.3. The molecule has 0 amide bonds. The van der Waals surface area contributed by atoms with Gasteiger partial charge in [0.25, 0.3) is 0 Å². The number of nitrogens with two attached hydrogens (primary N) is 1. The minimum absolute atomic E-state index is 0.382. The molecule has 2 saturated carbocycles. The minimum Gasteiger partial charge on any atom is -0.327 e. The Labute approximate surface area is 144 Å². The minimum atomic E-state index is 0.382. The van der Waals surface area contributed by atoms with Gasteiger partial charge in [0, 0.05) is 12.0 Å². The maximum atomic E-state index is 10.2. The highest BCUT2D eigenvalue weighted by Gasteiger charge is 2.18. The van der Waals surface area contributed by atoms with Crippen molar-refractivity contribution < 1.29 is 4.79 Å². The van der Waals surface area contributed by atoms with E-state index in [1.807, 2.05) is 12.2 Å². The van der Waals surface area contributed by atoms with Crippen LogP contribution >= 0.6 is 0 Å². The highest BCUT2D eigenvalue weighted by Crippen LogP contribution is 2.26. The Morgan fingerprint density at radius 2 is 1.43 bits per heavy atom. The van der Waals surface area contributed by atoms with Crippen molar-refractivity contribution >= 4 is 6.29 Å². The van der Waals surface area contributed by atoms with Crippen LogP contribution in [0.3, 0.4) is 0 Å². The third-order valence-electron chi connectivity index (χ3n) is 4.83. The predicted molar refractivity (Wildman–Crippen MR) is 102 cm³/mol. The summed E-state index contributed by atoms with van der Waals surface area (Å²) in [5, 5.41) is 0. The predicted octanol–water partition coefficient (Wildman–Crippen LogP) is 5.82. The first-order chi connectivity index (χ1) is 11.2. The Morgan fingerprint density at radius 1 is 0.957 bits per heavy atom. The van der Waals surface area contributed by atoms with Crippen molar-refractivity contribution in [2.75, 3.05) is 0 Å². The van der Waals surface area contributed by atoms with Crippen LogP contribution in [-0.4, -0.2) is 12.3 Å². The molecular weight excluding hydrogens is 282 g/mol. The van der Waals surface area contributed by atoms with E-state index in [0.717, 1.165) is 37.9 Å². The molecule has 2 N–H and O–H groups in total. The van der Waals surface area contributed by atoms with Gasteiger partial charge in [0.15, 0.2) is 0 Å². The topological polar surface area (TPSA) is 43.1 Å². The Bertz CT molecular complexity index is 288. The fourth-order valence-corrected chi connectivity index (χ4v) is 3.22. The van der Waals surface area contributed by atoms with Gasteiger partial charge in [-0.3, -0.25) is 0 Å². The van der Waals surface area contributed by atoms with Gasteiger partial charge >= 0.3 is 0 Å². The number of rotatable bonds is 5. The third kappa shape index (κ3) is 12.2. The molecule has 0 radical (unpaired) electrons. The van der Waals surface area contributed by atoms with E-state index < -0.39 is 0 Å². The SMILES string of the molecule is C=CCC.C=CCC(N)C1CCCCC1.O=CC1CCCCC1. The van der Waals surface area contributed by atoms with Crippen molar-refractivity contribution in [2.24, 2.45) is 17.6 Å². The molecule has 2 heteroatoms. The van der Waals surface area contributed by atoms with Crippen LogP contribution < -0.4 is 5.73 Å². The fourth-order valence-electron chi connectivity index (χ4n) is 3.22. The number of allylic oxidation sites excluding steroid dienone is 1. The molecule has 134 valence electrons. The van der Waals surface area contributed by atoms with E-state index in [1.165, 1.54) is 51.4 Å². The quantitative estimate of drug-likeness (QED) is 0.512. The first-order valence-electron chi connectivity index (χ1n) is 9.62. The molecule has 2 aliphatic carbocycles. The first kappa shape index (κ1) is 22.1. The van der Waals surface area contributed by atoms with Gasteiger partial charge in [-0.2, -0.15) is 0 Å². The smallest absolute Gasteiger partial charge is 0.123 e. The van der Waals surface area contributed by atoms with Crippen molar-refractivity contribution in [3.63, 3.8) is 0 Å². The van der Waals surface area contributed by atoms with Crippen molar-refractivity contribution in [1.82, 2.24) is 0 Å². The van der Waals surface area contributed by atoms with Gasteiger partial charge in [-0.15, -0.1) is 13.2 Å². The molecule has 2 rings (SSSR count). The van der Waals surface area contributed by atoms with Crippen molar-refractivity contribution in [2.45, 2.75) is 90.0 Å². The van der Waals surface area contributed by atoms with Gasteiger partial charge in [-0.25, -0.2) is 0 Å². The fraction of sp³-hybridized carbons (Fsp3) is 0.762. The lowest BCUT2D eigenvalue weighted by Crippen LogP contribution is -2.30. The van der Waals surface area contributed by atoms with Crippen molar-refractivity contribution in [3.8, 4) is 0 Å². The Hall–Kier alpha value is -0.890. The summed E-state index contributed by atoms with van der Waals surface area (Å²) in [6.07, 6.45) is 20.0. The molecule has 0 aromatic rings. The van der Waals surface area contributed by atoms with Gasteiger partial charge in [0.05, 0.1) is 0 Å². The summed E-state index contributed by atoms with van der Waals surface area (Å²) >= 11 is 0. The van der Waals surface area contributed by atoms with E-state index in [2.05, 4.69) is 20.1 Å².